The average molecular weight is 434 g/mol. The molecule has 4 N–H and O–H groups in total. The predicted molar refractivity (Wildman–Crippen MR) is 125 cm³/mol. The summed E-state index contributed by atoms with van der Waals surface area (Å²) in [5, 5.41) is 6.20. The molecule has 0 spiro atoms. The van der Waals surface area contributed by atoms with Gasteiger partial charge in [0.15, 0.2) is 0 Å². The van der Waals surface area contributed by atoms with E-state index in [0.29, 0.717) is 6.54 Å². The Labute approximate surface area is 188 Å². The van der Waals surface area contributed by atoms with Crippen LogP contribution in [-0.4, -0.2) is 67.3 Å². The largest absolute Gasteiger partial charge is 0.328 e. The van der Waals surface area contributed by atoms with E-state index in [1.54, 1.807) is 25.5 Å². The molecule has 1 saturated heterocycles. The van der Waals surface area contributed by atoms with E-state index in [9.17, 15) is 0 Å². The van der Waals surface area contributed by atoms with Gasteiger partial charge in [-0.2, -0.15) is 5.10 Å². The van der Waals surface area contributed by atoms with E-state index < -0.39 is 0 Å². The summed E-state index contributed by atoms with van der Waals surface area (Å²) in [5.41, 5.74) is 9.38. The Hall–Kier alpha value is -3.01. The van der Waals surface area contributed by atoms with Crippen LogP contribution in [0.5, 0.6) is 0 Å². The first kappa shape index (κ1) is 20.9. The highest BCUT2D eigenvalue weighted by Gasteiger charge is 2.45. The normalized spacial score (nSPS) is 19.0. The molecule has 0 atom stereocenters. The Morgan fingerprint density at radius 2 is 2.19 bits per heavy atom. The molecule has 168 valence electrons. The zero-order valence-corrected chi connectivity index (χ0v) is 18.6. The zero-order chi connectivity index (χ0) is 22.3. The molecule has 9 nitrogen and oxygen atoms in total. The van der Waals surface area contributed by atoms with Crippen molar-refractivity contribution in [3.05, 3.63) is 55.4 Å². The second-order valence-corrected chi connectivity index (χ2v) is 9.14. The van der Waals surface area contributed by atoms with Gasteiger partial charge in [0.05, 0.1) is 17.5 Å². The summed E-state index contributed by atoms with van der Waals surface area (Å²) in [6.45, 7) is 7.55. The number of imidazole rings is 1. The van der Waals surface area contributed by atoms with Crippen LogP contribution in [0, 0.1) is 5.92 Å². The molecule has 0 radical (unpaired) electrons. The molecule has 32 heavy (non-hydrogen) atoms. The van der Waals surface area contributed by atoms with Crippen LogP contribution in [0.4, 0.5) is 0 Å². The van der Waals surface area contributed by atoms with Gasteiger partial charge in [0.1, 0.15) is 17.0 Å². The van der Waals surface area contributed by atoms with Crippen LogP contribution in [0.25, 0.3) is 22.6 Å². The maximum atomic E-state index is 6.24. The molecule has 5 rings (SSSR count). The summed E-state index contributed by atoms with van der Waals surface area (Å²) in [4.78, 5) is 11.9. The summed E-state index contributed by atoms with van der Waals surface area (Å²) in [6.07, 6.45) is 15.2. The quantitative estimate of drug-likeness (QED) is 0.316. The van der Waals surface area contributed by atoms with Gasteiger partial charge < -0.3 is 10.7 Å². The minimum absolute atomic E-state index is 0.151. The van der Waals surface area contributed by atoms with Gasteiger partial charge in [-0.15, -0.1) is 0 Å². The first-order chi connectivity index (χ1) is 15.5. The number of allylic oxidation sites excluding steroid dienone is 2. The van der Waals surface area contributed by atoms with Crippen molar-refractivity contribution in [2.75, 3.05) is 33.2 Å². The van der Waals surface area contributed by atoms with Crippen molar-refractivity contribution in [1.82, 2.24) is 34.1 Å². The predicted octanol–water partition coefficient (Wildman–Crippen LogP) is 1.69. The van der Waals surface area contributed by atoms with E-state index in [0.717, 1.165) is 47.3 Å². The third-order valence-electron chi connectivity index (χ3n) is 6.73. The highest BCUT2D eigenvalue weighted by Crippen LogP contribution is 2.34. The van der Waals surface area contributed by atoms with E-state index >= 15 is 0 Å². The molecule has 2 fully saturated rings. The van der Waals surface area contributed by atoms with Gasteiger partial charge in [0, 0.05) is 69.7 Å². The van der Waals surface area contributed by atoms with E-state index in [2.05, 4.69) is 22.7 Å². The van der Waals surface area contributed by atoms with Crippen molar-refractivity contribution >= 4 is 11.2 Å². The van der Waals surface area contributed by atoms with Gasteiger partial charge in [-0.25, -0.2) is 15.8 Å². The molecule has 0 aromatic carbocycles. The van der Waals surface area contributed by atoms with Crippen LogP contribution in [0.15, 0.2) is 49.7 Å². The van der Waals surface area contributed by atoms with Crippen molar-refractivity contribution in [3.63, 3.8) is 0 Å². The van der Waals surface area contributed by atoms with Crippen LogP contribution < -0.4 is 11.6 Å². The lowest BCUT2D eigenvalue weighted by Crippen LogP contribution is -2.66. The van der Waals surface area contributed by atoms with Crippen molar-refractivity contribution < 1.29 is 0 Å². The number of nitrogens with two attached hydrogens (primary N) is 2. The summed E-state index contributed by atoms with van der Waals surface area (Å²) in [6, 6.07) is 1.93. The number of rotatable bonds is 8. The molecule has 0 unspecified atom stereocenters. The molecule has 2 aliphatic rings. The van der Waals surface area contributed by atoms with Crippen LogP contribution in [-0.2, 0) is 5.54 Å². The van der Waals surface area contributed by atoms with Crippen LogP contribution in [0.1, 0.15) is 25.0 Å². The van der Waals surface area contributed by atoms with Crippen molar-refractivity contribution in [2.24, 2.45) is 17.5 Å². The van der Waals surface area contributed by atoms with Crippen molar-refractivity contribution in [1.29, 1.82) is 0 Å². The lowest BCUT2D eigenvalue weighted by molar-refractivity contribution is -0.0103. The highest BCUT2D eigenvalue weighted by molar-refractivity contribution is 5.74. The maximum absolute atomic E-state index is 6.24. The van der Waals surface area contributed by atoms with Crippen LogP contribution in [0.3, 0.4) is 0 Å². The monoisotopic (exact) mass is 433 g/mol. The lowest BCUT2D eigenvalue weighted by atomic mass is 9.82. The molecule has 1 aliphatic carbocycles. The molecule has 3 aromatic heterocycles. The Morgan fingerprint density at radius 1 is 1.38 bits per heavy atom. The van der Waals surface area contributed by atoms with Gasteiger partial charge in [-0.05, 0) is 18.8 Å². The van der Waals surface area contributed by atoms with Crippen molar-refractivity contribution in [3.8, 4) is 11.4 Å². The van der Waals surface area contributed by atoms with Crippen LogP contribution in [0.2, 0.25) is 0 Å². The Morgan fingerprint density at radius 3 is 2.84 bits per heavy atom. The SMILES string of the molecule is C=C/C(=C\N(C)N)c1cc2nccn2c(-c2cnn(C3(CN)CN(CC4CCC4)C3)c2)n1. The number of hydrazine groups is 1. The zero-order valence-electron chi connectivity index (χ0n) is 18.6. The minimum atomic E-state index is -0.151. The summed E-state index contributed by atoms with van der Waals surface area (Å²) >= 11 is 0. The van der Waals surface area contributed by atoms with Gasteiger partial charge in [-0.3, -0.25) is 14.0 Å². The third-order valence-corrected chi connectivity index (χ3v) is 6.73. The Bertz CT molecular complexity index is 1150. The first-order valence-electron chi connectivity index (χ1n) is 11.2. The number of aromatic nitrogens is 5. The first-order valence-corrected chi connectivity index (χ1v) is 11.2. The number of hydrogen-bond acceptors (Lipinski definition) is 7. The van der Waals surface area contributed by atoms with Gasteiger partial charge in [0.25, 0.3) is 0 Å². The smallest absolute Gasteiger partial charge is 0.149 e. The second-order valence-electron chi connectivity index (χ2n) is 9.14. The van der Waals surface area contributed by atoms with E-state index in [1.807, 2.05) is 27.5 Å². The van der Waals surface area contributed by atoms with Gasteiger partial charge in [-0.1, -0.05) is 19.1 Å². The number of hydrogen-bond donors (Lipinski definition) is 2. The van der Waals surface area contributed by atoms with E-state index in [1.165, 1.54) is 30.8 Å². The second kappa shape index (κ2) is 8.16. The molecule has 3 aromatic rings. The van der Waals surface area contributed by atoms with Crippen molar-refractivity contribution in [2.45, 2.75) is 24.8 Å². The molecule has 0 amide bonds. The summed E-state index contributed by atoms with van der Waals surface area (Å²) in [5.74, 6) is 7.45. The summed E-state index contributed by atoms with van der Waals surface area (Å²) in [7, 11) is 1.77. The topological polar surface area (TPSA) is 107 Å². The minimum Gasteiger partial charge on any atom is -0.328 e. The van der Waals surface area contributed by atoms with Gasteiger partial charge in [0.2, 0.25) is 0 Å². The molecule has 0 bridgehead atoms. The maximum Gasteiger partial charge on any atom is 0.149 e. The fourth-order valence-electron chi connectivity index (χ4n) is 4.74. The fourth-order valence-corrected chi connectivity index (χ4v) is 4.74. The van der Waals surface area contributed by atoms with Crippen LogP contribution >= 0.6 is 0 Å². The molecule has 1 saturated carbocycles. The molecule has 9 heteroatoms. The van der Waals surface area contributed by atoms with E-state index in [-0.39, 0.29) is 5.54 Å². The standard InChI is InChI=1S/C23H31N9/c1-3-18(12-29(2)25)20-9-21-26-7-8-31(21)22(28-20)19-10-27-32(13-19)23(14-24)15-30(16-23)11-17-5-4-6-17/h3,7-10,12-13,17H,1,4-6,11,14-16,24-25H2,2H3/b18-12+. The fraction of sp³-hybridized carbons (Fsp3) is 0.435. The lowest BCUT2D eigenvalue weighted by Gasteiger charge is -2.51. The molecule has 1 aliphatic heterocycles. The number of likely N-dealkylation sites (tertiary alicyclic amines) is 1. The Kier molecular flexibility index (Phi) is 5.32. The van der Waals surface area contributed by atoms with E-state index in [4.69, 9.17) is 21.7 Å². The molecule has 4 heterocycles. The highest BCUT2D eigenvalue weighted by atomic mass is 15.4. The average Bonchev–Trinajstić information content (AvgIpc) is 3.39. The number of nitrogens with zero attached hydrogens (tertiary/aromatic N) is 7. The number of fused-ring (bicyclic) bond motifs is 1. The third kappa shape index (κ3) is 3.62. The summed E-state index contributed by atoms with van der Waals surface area (Å²) < 4.78 is 4.01. The Balaban J connectivity index is 1.46. The van der Waals surface area contributed by atoms with Gasteiger partial charge >= 0.3 is 0 Å². The molecular formula is C23H31N9. The molecular weight excluding hydrogens is 402 g/mol.